The van der Waals surface area contributed by atoms with Gasteiger partial charge in [-0.1, -0.05) is 15.9 Å². The second kappa shape index (κ2) is 5.95. The summed E-state index contributed by atoms with van der Waals surface area (Å²) >= 11 is 3.36. The average molecular weight is 321 g/mol. The van der Waals surface area contributed by atoms with E-state index in [2.05, 4.69) is 20.9 Å². The maximum Gasteiger partial charge on any atom is 0.258 e. The van der Waals surface area contributed by atoms with Gasteiger partial charge < -0.3 is 10.0 Å². The van der Waals surface area contributed by atoms with E-state index >= 15 is 0 Å². The number of carbonyl (C=O) groups is 1. The number of anilines is 1. The van der Waals surface area contributed by atoms with Gasteiger partial charge in [-0.25, -0.2) is 0 Å². The monoisotopic (exact) mass is 320 g/mol. The molecule has 0 aliphatic heterocycles. The molecule has 0 atom stereocenters. The minimum Gasteiger partial charge on any atom is -0.390 e. The number of halogens is 1. The first-order valence-electron chi connectivity index (χ1n) is 5.71. The molecule has 0 radical (unpaired) electrons. The van der Waals surface area contributed by atoms with Crippen LogP contribution in [0, 0.1) is 0 Å². The molecule has 4 nitrogen and oxygen atoms in total. The molecule has 98 valence electrons. The van der Waals surface area contributed by atoms with Crippen LogP contribution < -0.4 is 4.90 Å². The van der Waals surface area contributed by atoms with Crippen molar-refractivity contribution in [2.45, 2.75) is 6.61 Å². The fourth-order valence-corrected chi connectivity index (χ4v) is 1.94. The molecular formula is C14H13BrN2O2. The van der Waals surface area contributed by atoms with Crippen molar-refractivity contribution in [3.63, 3.8) is 0 Å². The van der Waals surface area contributed by atoms with Crippen molar-refractivity contribution in [3.8, 4) is 0 Å². The number of benzene rings is 1. The quantitative estimate of drug-likeness (QED) is 0.945. The van der Waals surface area contributed by atoms with Crippen LogP contribution in [0.25, 0.3) is 0 Å². The summed E-state index contributed by atoms with van der Waals surface area (Å²) in [6.45, 7) is -0.177. The highest BCUT2D eigenvalue weighted by atomic mass is 79.9. The predicted molar refractivity (Wildman–Crippen MR) is 77.0 cm³/mol. The molecule has 1 aromatic carbocycles. The van der Waals surface area contributed by atoms with E-state index in [-0.39, 0.29) is 12.5 Å². The molecule has 0 fully saturated rings. The molecule has 2 aromatic rings. The zero-order chi connectivity index (χ0) is 13.8. The minimum absolute atomic E-state index is 0.139. The molecule has 0 aliphatic carbocycles. The molecule has 19 heavy (non-hydrogen) atoms. The number of hydrogen-bond acceptors (Lipinski definition) is 3. The van der Waals surface area contributed by atoms with Crippen molar-refractivity contribution in [1.82, 2.24) is 4.98 Å². The third kappa shape index (κ3) is 3.19. The van der Waals surface area contributed by atoms with Gasteiger partial charge in [-0.2, -0.15) is 0 Å². The Bertz CT molecular complexity index is 584. The van der Waals surface area contributed by atoms with Crippen molar-refractivity contribution < 1.29 is 9.90 Å². The number of hydrogen-bond donors (Lipinski definition) is 1. The van der Waals surface area contributed by atoms with Crippen molar-refractivity contribution >= 4 is 27.5 Å². The third-order valence-corrected chi connectivity index (χ3v) is 3.27. The Morgan fingerprint density at radius 2 is 2.00 bits per heavy atom. The van der Waals surface area contributed by atoms with E-state index in [1.54, 1.807) is 24.1 Å². The van der Waals surface area contributed by atoms with Crippen LogP contribution in [0.3, 0.4) is 0 Å². The Morgan fingerprint density at radius 1 is 1.32 bits per heavy atom. The number of aromatic nitrogens is 1. The molecule has 2 rings (SSSR count). The Hall–Kier alpha value is -1.72. The van der Waals surface area contributed by atoms with E-state index in [1.807, 2.05) is 24.3 Å². The molecule has 1 amide bonds. The molecule has 0 unspecified atom stereocenters. The first kappa shape index (κ1) is 13.7. The summed E-state index contributed by atoms with van der Waals surface area (Å²) in [6, 6.07) is 10.7. The van der Waals surface area contributed by atoms with Gasteiger partial charge in [0.2, 0.25) is 0 Å². The number of aliphatic hydroxyl groups is 1. The van der Waals surface area contributed by atoms with Gasteiger partial charge in [0, 0.05) is 29.0 Å². The lowest BCUT2D eigenvalue weighted by atomic mass is 10.2. The molecule has 0 saturated heterocycles. The van der Waals surface area contributed by atoms with Gasteiger partial charge in [0.15, 0.2) is 0 Å². The summed E-state index contributed by atoms with van der Waals surface area (Å²) in [5.74, 6) is -0.139. The topological polar surface area (TPSA) is 53.4 Å². The number of aliphatic hydroxyl groups excluding tert-OH is 1. The van der Waals surface area contributed by atoms with Crippen LogP contribution in [0.2, 0.25) is 0 Å². The second-order valence-corrected chi connectivity index (χ2v) is 4.95. The van der Waals surface area contributed by atoms with E-state index in [1.165, 1.54) is 6.20 Å². The molecule has 1 N–H and O–H groups in total. The van der Waals surface area contributed by atoms with Crippen molar-refractivity contribution in [3.05, 3.63) is 58.3 Å². The average Bonchev–Trinajstić information content (AvgIpc) is 2.46. The van der Waals surface area contributed by atoms with Gasteiger partial charge in [0.05, 0.1) is 12.3 Å². The van der Waals surface area contributed by atoms with Gasteiger partial charge in [-0.05, 0) is 36.4 Å². The molecule has 0 bridgehead atoms. The van der Waals surface area contributed by atoms with Gasteiger partial charge in [-0.15, -0.1) is 0 Å². The van der Waals surface area contributed by atoms with Crippen LogP contribution in [-0.4, -0.2) is 23.0 Å². The van der Waals surface area contributed by atoms with Crippen LogP contribution in [-0.2, 0) is 6.61 Å². The van der Waals surface area contributed by atoms with Crippen LogP contribution in [0.5, 0.6) is 0 Å². The first-order valence-corrected chi connectivity index (χ1v) is 6.50. The predicted octanol–water partition coefficient (Wildman–Crippen LogP) is 2.61. The van der Waals surface area contributed by atoms with E-state index in [0.29, 0.717) is 11.3 Å². The second-order valence-electron chi connectivity index (χ2n) is 4.03. The summed E-state index contributed by atoms with van der Waals surface area (Å²) in [5.41, 5.74) is 1.79. The van der Waals surface area contributed by atoms with E-state index in [4.69, 9.17) is 5.11 Å². The van der Waals surface area contributed by atoms with Crippen LogP contribution in [0.4, 0.5) is 5.69 Å². The van der Waals surface area contributed by atoms with Gasteiger partial charge in [-0.3, -0.25) is 9.78 Å². The number of amides is 1. The van der Waals surface area contributed by atoms with E-state index < -0.39 is 0 Å². The maximum atomic E-state index is 12.3. The zero-order valence-corrected chi connectivity index (χ0v) is 12.0. The maximum absolute atomic E-state index is 12.3. The largest absolute Gasteiger partial charge is 0.390 e. The Morgan fingerprint density at radius 3 is 2.63 bits per heavy atom. The summed E-state index contributed by atoms with van der Waals surface area (Å²) in [4.78, 5) is 17.8. The molecule has 5 heteroatoms. The number of pyridine rings is 1. The Balaban J connectivity index is 2.25. The first-order chi connectivity index (χ1) is 9.11. The SMILES string of the molecule is CN(C(=O)c1ccnc(CO)c1)c1ccc(Br)cc1. The standard InChI is InChI=1S/C14H13BrN2O2/c1-17(13-4-2-11(15)3-5-13)14(19)10-6-7-16-12(8-10)9-18/h2-8,18H,9H2,1H3. The number of rotatable bonds is 3. The van der Waals surface area contributed by atoms with Crippen molar-refractivity contribution in [1.29, 1.82) is 0 Å². The normalized spacial score (nSPS) is 10.3. The van der Waals surface area contributed by atoms with Crippen LogP contribution in [0.15, 0.2) is 47.1 Å². The fourth-order valence-electron chi connectivity index (χ4n) is 1.67. The Kier molecular flexibility index (Phi) is 4.29. The van der Waals surface area contributed by atoms with Crippen molar-refractivity contribution in [2.24, 2.45) is 0 Å². The molecule has 1 heterocycles. The lowest BCUT2D eigenvalue weighted by Crippen LogP contribution is -2.26. The molecule has 0 aliphatic rings. The minimum atomic E-state index is -0.177. The van der Waals surface area contributed by atoms with Gasteiger partial charge >= 0.3 is 0 Å². The van der Waals surface area contributed by atoms with Gasteiger partial charge in [0.25, 0.3) is 5.91 Å². The number of nitrogens with zero attached hydrogens (tertiary/aromatic N) is 2. The third-order valence-electron chi connectivity index (χ3n) is 2.74. The number of carbonyl (C=O) groups excluding carboxylic acids is 1. The molecular weight excluding hydrogens is 308 g/mol. The summed E-state index contributed by atoms with van der Waals surface area (Å²) in [6.07, 6.45) is 1.52. The van der Waals surface area contributed by atoms with Crippen molar-refractivity contribution in [2.75, 3.05) is 11.9 Å². The van der Waals surface area contributed by atoms with E-state index in [0.717, 1.165) is 10.2 Å². The summed E-state index contributed by atoms with van der Waals surface area (Å²) in [7, 11) is 1.71. The van der Waals surface area contributed by atoms with Gasteiger partial charge in [0.1, 0.15) is 0 Å². The fraction of sp³-hybridized carbons (Fsp3) is 0.143. The van der Waals surface area contributed by atoms with E-state index in [9.17, 15) is 4.79 Å². The van der Waals surface area contributed by atoms with Crippen LogP contribution in [0.1, 0.15) is 16.1 Å². The lowest BCUT2D eigenvalue weighted by molar-refractivity contribution is 0.0992. The smallest absolute Gasteiger partial charge is 0.258 e. The molecule has 0 saturated carbocycles. The highest BCUT2D eigenvalue weighted by Gasteiger charge is 2.13. The van der Waals surface area contributed by atoms with Crippen LogP contribution >= 0.6 is 15.9 Å². The summed E-state index contributed by atoms with van der Waals surface area (Å²) < 4.78 is 0.962. The molecule has 1 aromatic heterocycles. The highest BCUT2D eigenvalue weighted by Crippen LogP contribution is 2.19. The lowest BCUT2D eigenvalue weighted by Gasteiger charge is -2.17. The highest BCUT2D eigenvalue weighted by molar-refractivity contribution is 9.10. The zero-order valence-electron chi connectivity index (χ0n) is 10.4. The molecule has 0 spiro atoms. The Labute approximate surface area is 119 Å². The summed E-state index contributed by atoms with van der Waals surface area (Å²) in [5, 5.41) is 9.04.